The van der Waals surface area contributed by atoms with Gasteiger partial charge in [0.25, 0.3) is 0 Å². The molecule has 20 heavy (non-hydrogen) atoms. The highest BCUT2D eigenvalue weighted by Gasteiger charge is 2.33. The van der Waals surface area contributed by atoms with Gasteiger partial charge in [-0.2, -0.15) is 0 Å². The van der Waals surface area contributed by atoms with Crippen molar-refractivity contribution in [2.45, 2.75) is 58.7 Å². The fourth-order valence-corrected chi connectivity index (χ4v) is 3.11. The maximum Gasteiger partial charge on any atom is 0.149 e. The summed E-state index contributed by atoms with van der Waals surface area (Å²) >= 11 is 0. The van der Waals surface area contributed by atoms with E-state index in [1.807, 2.05) is 18.7 Å². The van der Waals surface area contributed by atoms with E-state index in [4.69, 9.17) is 0 Å². The predicted molar refractivity (Wildman–Crippen MR) is 79.0 cm³/mol. The van der Waals surface area contributed by atoms with Gasteiger partial charge in [-0.15, -0.1) is 0 Å². The Morgan fingerprint density at radius 2 is 1.85 bits per heavy atom. The Balaban J connectivity index is 2.32. The Labute approximate surface area is 120 Å². The molecule has 1 aliphatic heterocycles. The SMILES string of the molecule is CCNCc1cc(F)c(N2C(C)CCC2CC)c(F)c1. The summed E-state index contributed by atoms with van der Waals surface area (Å²) in [4.78, 5) is 1.93. The molecule has 1 saturated heterocycles. The predicted octanol–water partition coefficient (Wildman–Crippen LogP) is 3.84. The molecule has 2 atom stereocenters. The van der Waals surface area contributed by atoms with Crippen LogP contribution in [0.4, 0.5) is 14.5 Å². The van der Waals surface area contributed by atoms with Gasteiger partial charge in [-0.25, -0.2) is 8.78 Å². The van der Waals surface area contributed by atoms with E-state index >= 15 is 0 Å². The first kappa shape index (κ1) is 15.2. The van der Waals surface area contributed by atoms with Crippen molar-refractivity contribution in [3.8, 4) is 0 Å². The van der Waals surface area contributed by atoms with Crippen molar-refractivity contribution in [2.24, 2.45) is 0 Å². The van der Waals surface area contributed by atoms with Gasteiger partial charge in [0.05, 0.1) is 0 Å². The van der Waals surface area contributed by atoms with Gasteiger partial charge < -0.3 is 10.2 Å². The molecular formula is C16H24F2N2. The molecule has 0 amide bonds. The van der Waals surface area contributed by atoms with E-state index in [9.17, 15) is 8.78 Å². The Bertz CT molecular complexity index is 439. The number of hydrogen-bond donors (Lipinski definition) is 1. The topological polar surface area (TPSA) is 15.3 Å². The molecule has 0 bridgehead atoms. The Morgan fingerprint density at radius 1 is 1.20 bits per heavy atom. The van der Waals surface area contributed by atoms with E-state index in [1.54, 1.807) is 0 Å². The molecule has 0 saturated carbocycles. The van der Waals surface area contributed by atoms with E-state index in [2.05, 4.69) is 12.2 Å². The minimum absolute atomic E-state index is 0.155. The first-order chi connectivity index (χ1) is 9.58. The molecule has 1 fully saturated rings. The summed E-state index contributed by atoms with van der Waals surface area (Å²) in [6, 6.07) is 3.36. The zero-order valence-electron chi connectivity index (χ0n) is 12.5. The zero-order valence-corrected chi connectivity index (χ0v) is 12.5. The molecule has 0 spiro atoms. The van der Waals surface area contributed by atoms with Crippen molar-refractivity contribution in [1.29, 1.82) is 0 Å². The van der Waals surface area contributed by atoms with Crippen molar-refractivity contribution in [2.75, 3.05) is 11.4 Å². The lowest BCUT2D eigenvalue weighted by atomic mass is 10.1. The molecule has 4 heteroatoms. The zero-order chi connectivity index (χ0) is 14.7. The molecule has 1 aromatic carbocycles. The van der Waals surface area contributed by atoms with Gasteiger partial charge in [0.1, 0.15) is 17.3 Å². The van der Waals surface area contributed by atoms with Crippen LogP contribution >= 0.6 is 0 Å². The maximum atomic E-state index is 14.4. The van der Waals surface area contributed by atoms with Crippen molar-refractivity contribution in [3.63, 3.8) is 0 Å². The largest absolute Gasteiger partial charge is 0.361 e. The molecule has 2 unspecified atom stereocenters. The van der Waals surface area contributed by atoms with Crippen LogP contribution in [0, 0.1) is 11.6 Å². The lowest BCUT2D eigenvalue weighted by Crippen LogP contribution is -2.35. The van der Waals surface area contributed by atoms with E-state index in [0.29, 0.717) is 12.1 Å². The van der Waals surface area contributed by atoms with Crippen LogP contribution in [0.1, 0.15) is 45.6 Å². The molecule has 1 N–H and O–H groups in total. The molecule has 0 aromatic heterocycles. The standard InChI is InChI=1S/C16H24F2N2/c1-4-13-7-6-11(3)20(13)16-14(17)8-12(9-15(16)18)10-19-5-2/h8-9,11,13,19H,4-7,10H2,1-3H3. The van der Waals surface area contributed by atoms with Crippen LogP contribution in [0.15, 0.2) is 12.1 Å². The Kier molecular flexibility index (Phi) is 4.97. The van der Waals surface area contributed by atoms with Crippen molar-refractivity contribution in [1.82, 2.24) is 5.32 Å². The summed E-state index contributed by atoms with van der Waals surface area (Å²) in [6.45, 7) is 7.37. The number of halogens is 2. The average Bonchev–Trinajstić information content (AvgIpc) is 2.77. The molecule has 2 nitrogen and oxygen atoms in total. The third kappa shape index (κ3) is 2.95. The number of nitrogens with one attached hydrogen (secondary N) is 1. The quantitative estimate of drug-likeness (QED) is 0.882. The van der Waals surface area contributed by atoms with E-state index in [0.717, 1.165) is 25.8 Å². The second kappa shape index (κ2) is 6.53. The number of benzene rings is 1. The van der Waals surface area contributed by atoms with Crippen molar-refractivity contribution < 1.29 is 8.78 Å². The smallest absolute Gasteiger partial charge is 0.149 e. The van der Waals surface area contributed by atoms with Crippen LogP contribution in [0.5, 0.6) is 0 Å². The van der Waals surface area contributed by atoms with Gasteiger partial charge in [0.2, 0.25) is 0 Å². The lowest BCUT2D eigenvalue weighted by molar-refractivity contribution is 0.539. The fourth-order valence-electron chi connectivity index (χ4n) is 3.11. The van der Waals surface area contributed by atoms with E-state index in [-0.39, 0.29) is 17.8 Å². The lowest BCUT2D eigenvalue weighted by Gasteiger charge is -2.31. The molecule has 112 valence electrons. The van der Waals surface area contributed by atoms with Crippen LogP contribution in [0.25, 0.3) is 0 Å². The summed E-state index contributed by atoms with van der Waals surface area (Å²) in [6.07, 6.45) is 2.93. The molecule has 1 aromatic rings. The summed E-state index contributed by atoms with van der Waals surface area (Å²) in [5.74, 6) is -0.879. The Hall–Kier alpha value is -1.16. The molecular weight excluding hydrogens is 258 g/mol. The molecule has 0 radical (unpaired) electrons. The number of rotatable bonds is 5. The minimum atomic E-state index is -0.440. The second-order valence-electron chi connectivity index (χ2n) is 5.58. The molecule has 1 aliphatic rings. The van der Waals surface area contributed by atoms with Crippen LogP contribution in [0.3, 0.4) is 0 Å². The fraction of sp³-hybridized carbons (Fsp3) is 0.625. The summed E-state index contributed by atoms with van der Waals surface area (Å²) < 4.78 is 28.7. The summed E-state index contributed by atoms with van der Waals surface area (Å²) in [5, 5.41) is 3.09. The second-order valence-corrected chi connectivity index (χ2v) is 5.58. The summed E-state index contributed by atoms with van der Waals surface area (Å²) in [7, 11) is 0. The van der Waals surface area contributed by atoms with Gasteiger partial charge >= 0.3 is 0 Å². The first-order valence-electron chi connectivity index (χ1n) is 7.55. The minimum Gasteiger partial charge on any atom is -0.361 e. The third-order valence-corrected chi connectivity index (χ3v) is 4.17. The number of anilines is 1. The van der Waals surface area contributed by atoms with E-state index < -0.39 is 11.6 Å². The van der Waals surface area contributed by atoms with Gasteiger partial charge in [0.15, 0.2) is 0 Å². The number of hydrogen-bond acceptors (Lipinski definition) is 2. The highest BCUT2D eigenvalue weighted by molar-refractivity contribution is 5.53. The van der Waals surface area contributed by atoms with Crippen LogP contribution in [-0.2, 0) is 6.54 Å². The van der Waals surface area contributed by atoms with Crippen molar-refractivity contribution >= 4 is 5.69 Å². The molecule has 2 rings (SSSR count). The monoisotopic (exact) mass is 282 g/mol. The van der Waals surface area contributed by atoms with Crippen molar-refractivity contribution in [3.05, 3.63) is 29.3 Å². The molecule has 0 aliphatic carbocycles. The van der Waals surface area contributed by atoms with Crippen LogP contribution in [0.2, 0.25) is 0 Å². The third-order valence-electron chi connectivity index (χ3n) is 4.17. The van der Waals surface area contributed by atoms with Gasteiger partial charge in [0, 0.05) is 18.6 Å². The Morgan fingerprint density at radius 3 is 2.40 bits per heavy atom. The van der Waals surface area contributed by atoms with E-state index in [1.165, 1.54) is 12.1 Å². The first-order valence-corrected chi connectivity index (χ1v) is 7.55. The van der Waals surface area contributed by atoms with Gasteiger partial charge in [-0.3, -0.25) is 0 Å². The highest BCUT2D eigenvalue weighted by atomic mass is 19.1. The molecule has 1 heterocycles. The average molecular weight is 282 g/mol. The maximum absolute atomic E-state index is 14.4. The highest BCUT2D eigenvalue weighted by Crippen LogP contribution is 2.35. The van der Waals surface area contributed by atoms with Crippen LogP contribution in [-0.4, -0.2) is 18.6 Å². The van der Waals surface area contributed by atoms with Gasteiger partial charge in [-0.05, 0) is 50.4 Å². The normalized spacial score (nSPS) is 22.6. The van der Waals surface area contributed by atoms with Gasteiger partial charge in [-0.1, -0.05) is 13.8 Å². The number of nitrogens with zero attached hydrogens (tertiary/aromatic N) is 1. The van der Waals surface area contributed by atoms with Crippen LogP contribution < -0.4 is 10.2 Å². The summed E-state index contributed by atoms with van der Waals surface area (Å²) in [5.41, 5.74) is 0.813.